The first kappa shape index (κ1) is 17.0. The van der Waals surface area contributed by atoms with E-state index in [2.05, 4.69) is 0 Å². The number of aryl methyl sites for hydroxylation is 1. The van der Waals surface area contributed by atoms with Gasteiger partial charge >= 0.3 is 0 Å². The third-order valence-corrected chi connectivity index (χ3v) is 4.74. The van der Waals surface area contributed by atoms with Crippen molar-refractivity contribution in [2.45, 2.75) is 13.0 Å². The molecule has 1 unspecified atom stereocenters. The van der Waals surface area contributed by atoms with Crippen molar-refractivity contribution in [1.82, 2.24) is 4.90 Å². The van der Waals surface area contributed by atoms with Gasteiger partial charge in [0.2, 0.25) is 0 Å². The van der Waals surface area contributed by atoms with E-state index in [0.29, 0.717) is 31.8 Å². The Labute approximate surface area is 147 Å². The lowest BCUT2D eigenvalue weighted by atomic mass is 10.0. The number of benzene rings is 2. The van der Waals surface area contributed by atoms with Crippen LogP contribution in [0.15, 0.2) is 42.5 Å². The second-order valence-electron chi connectivity index (χ2n) is 6.02. The number of hydrogen-bond acceptors (Lipinski definition) is 3. The van der Waals surface area contributed by atoms with Gasteiger partial charge < -0.3 is 15.4 Å². The van der Waals surface area contributed by atoms with Gasteiger partial charge in [-0.2, -0.15) is 0 Å². The molecular weight excluding hydrogens is 324 g/mol. The lowest BCUT2D eigenvalue weighted by Gasteiger charge is -2.32. The predicted octanol–water partition coefficient (Wildman–Crippen LogP) is 3.12. The van der Waals surface area contributed by atoms with Crippen LogP contribution < -0.4 is 5.73 Å². The Kier molecular flexibility index (Phi) is 5.19. The van der Waals surface area contributed by atoms with Crippen molar-refractivity contribution in [1.29, 1.82) is 0 Å². The first-order valence-corrected chi connectivity index (χ1v) is 8.44. The summed E-state index contributed by atoms with van der Waals surface area (Å²) in [5.74, 6) is 0.0237. The molecular formula is C19H21ClN2O2. The number of halogens is 1. The lowest BCUT2D eigenvalue weighted by molar-refractivity contribution is -0.0167. The fourth-order valence-electron chi connectivity index (χ4n) is 2.86. The fraction of sp³-hybridized carbons (Fsp3) is 0.316. The van der Waals surface area contributed by atoms with Crippen LogP contribution in [-0.2, 0) is 4.74 Å². The van der Waals surface area contributed by atoms with Gasteiger partial charge in [0, 0.05) is 30.2 Å². The van der Waals surface area contributed by atoms with Crippen LogP contribution in [0.2, 0.25) is 5.02 Å². The van der Waals surface area contributed by atoms with Gasteiger partial charge in [0.25, 0.3) is 5.91 Å². The topological polar surface area (TPSA) is 55.6 Å². The minimum atomic E-state index is -0.0704. The second-order valence-corrected chi connectivity index (χ2v) is 6.43. The summed E-state index contributed by atoms with van der Waals surface area (Å²) in [6.07, 6.45) is -0.0704. The van der Waals surface area contributed by atoms with E-state index in [1.807, 2.05) is 54.3 Å². The standard InChI is InChI=1S/C19H21ClN2O2/c1-13-10-16(6-7-18(13)20)14-2-4-15(5-3-14)19(23)22-8-9-24-17(11-21)12-22/h2-7,10,17H,8-9,11-12,21H2,1H3. The largest absolute Gasteiger partial charge is 0.373 e. The predicted molar refractivity (Wildman–Crippen MR) is 96.3 cm³/mol. The molecule has 0 saturated carbocycles. The molecule has 2 aromatic carbocycles. The molecule has 1 aliphatic rings. The van der Waals surface area contributed by atoms with Crippen molar-refractivity contribution in [3.63, 3.8) is 0 Å². The van der Waals surface area contributed by atoms with Crippen molar-refractivity contribution >= 4 is 17.5 Å². The molecule has 3 rings (SSSR count). The molecule has 0 bridgehead atoms. The second kappa shape index (κ2) is 7.34. The van der Waals surface area contributed by atoms with E-state index in [9.17, 15) is 4.79 Å². The van der Waals surface area contributed by atoms with E-state index >= 15 is 0 Å². The highest BCUT2D eigenvalue weighted by Crippen LogP contribution is 2.25. The summed E-state index contributed by atoms with van der Waals surface area (Å²) in [5.41, 5.74) is 9.51. The minimum absolute atomic E-state index is 0.0237. The number of amides is 1. The Morgan fingerprint density at radius 3 is 2.62 bits per heavy atom. The molecule has 1 saturated heterocycles. The Hall–Kier alpha value is -1.88. The van der Waals surface area contributed by atoms with E-state index in [1.165, 1.54) is 0 Å². The minimum Gasteiger partial charge on any atom is -0.373 e. The molecule has 1 amide bonds. The fourth-order valence-corrected chi connectivity index (χ4v) is 2.98. The van der Waals surface area contributed by atoms with Gasteiger partial charge in [-0.1, -0.05) is 29.8 Å². The Morgan fingerprint density at radius 1 is 1.25 bits per heavy atom. The Balaban J connectivity index is 1.76. The van der Waals surface area contributed by atoms with Crippen LogP contribution in [0.1, 0.15) is 15.9 Å². The average molecular weight is 345 g/mol. The van der Waals surface area contributed by atoms with Gasteiger partial charge in [-0.3, -0.25) is 4.79 Å². The van der Waals surface area contributed by atoms with E-state index in [-0.39, 0.29) is 12.0 Å². The molecule has 1 aliphatic heterocycles. The summed E-state index contributed by atoms with van der Waals surface area (Å²) in [6, 6.07) is 13.6. The molecule has 24 heavy (non-hydrogen) atoms. The van der Waals surface area contributed by atoms with Crippen LogP contribution in [0.3, 0.4) is 0 Å². The van der Waals surface area contributed by atoms with E-state index < -0.39 is 0 Å². The highest BCUT2D eigenvalue weighted by molar-refractivity contribution is 6.31. The number of carbonyl (C=O) groups is 1. The molecule has 2 N–H and O–H groups in total. The zero-order valence-corrected chi connectivity index (χ0v) is 14.4. The van der Waals surface area contributed by atoms with Crippen molar-refractivity contribution in [2.24, 2.45) is 5.73 Å². The van der Waals surface area contributed by atoms with Crippen molar-refractivity contribution < 1.29 is 9.53 Å². The summed E-state index contributed by atoms with van der Waals surface area (Å²) in [5, 5.41) is 0.757. The maximum Gasteiger partial charge on any atom is 0.254 e. The Morgan fingerprint density at radius 2 is 1.96 bits per heavy atom. The maximum absolute atomic E-state index is 12.6. The third kappa shape index (κ3) is 3.61. The molecule has 2 aromatic rings. The smallest absolute Gasteiger partial charge is 0.254 e. The molecule has 1 atom stereocenters. The molecule has 5 heteroatoms. The number of morpholine rings is 1. The van der Waals surface area contributed by atoms with E-state index in [1.54, 1.807) is 0 Å². The molecule has 126 valence electrons. The number of nitrogens with two attached hydrogens (primary N) is 1. The number of ether oxygens (including phenoxy) is 1. The van der Waals surface area contributed by atoms with E-state index in [0.717, 1.165) is 21.7 Å². The molecule has 0 radical (unpaired) electrons. The van der Waals surface area contributed by atoms with Crippen LogP contribution in [0.5, 0.6) is 0 Å². The van der Waals surface area contributed by atoms with Crippen LogP contribution in [-0.4, -0.2) is 43.2 Å². The molecule has 0 spiro atoms. The van der Waals surface area contributed by atoms with Crippen LogP contribution in [0.4, 0.5) is 0 Å². The van der Waals surface area contributed by atoms with Gasteiger partial charge in [0.1, 0.15) is 0 Å². The average Bonchev–Trinajstić information content (AvgIpc) is 2.63. The van der Waals surface area contributed by atoms with Crippen LogP contribution >= 0.6 is 11.6 Å². The monoisotopic (exact) mass is 344 g/mol. The highest BCUT2D eigenvalue weighted by atomic mass is 35.5. The summed E-state index contributed by atoms with van der Waals surface area (Å²) in [7, 11) is 0. The molecule has 0 aromatic heterocycles. The van der Waals surface area contributed by atoms with E-state index in [4.69, 9.17) is 22.1 Å². The lowest BCUT2D eigenvalue weighted by Crippen LogP contribution is -2.48. The zero-order chi connectivity index (χ0) is 17.1. The zero-order valence-electron chi connectivity index (χ0n) is 13.7. The summed E-state index contributed by atoms with van der Waals surface area (Å²) in [4.78, 5) is 14.4. The van der Waals surface area contributed by atoms with Crippen LogP contribution in [0.25, 0.3) is 11.1 Å². The summed E-state index contributed by atoms with van der Waals surface area (Å²) >= 11 is 6.08. The molecule has 1 fully saturated rings. The SMILES string of the molecule is Cc1cc(-c2ccc(C(=O)N3CCOC(CN)C3)cc2)ccc1Cl. The number of hydrogen-bond donors (Lipinski definition) is 1. The van der Waals surface area contributed by atoms with Gasteiger partial charge in [-0.05, 0) is 47.9 Å². The highest BCUT2D eigenvalue weighted by Gasteiger charge is 2.24. The number of nitrogens with zero attached hydrogens (tertiary/aromatic N) is 1. The summed E-state index contributed by atoms with van der Waals surface area (Å²) < 4.78 is 5.51. The summed E-state index contributed by atoms with van der Waals surface area (Å²) in [6.45, 7) is 4.10. The van der Waals surface area contributed by atoms with Crippen molar-refractivity contribution in [2.75, 3.05) is 26.2 Å². The molecule has 1 heterocycles. The number of rotatable bonds is 3. The van der Waals surface area contributed by atoms with Gasteiger partial charge in [-0.15, -0.1) is 0 Å². The molecule has 0 aliphatic carbocycles. The first-order chi connectivity index (χ1) is 11.6. The first-order valence-electron chi connectivity index (χ1n) is 8.06. The van der Waals surface area contributed by atoms with Gasteiger partial charge in [0.15, 0.2) is 0 Å². The normalized spacial score (nSPS) is 17.8. The molecule has 4 nitrogen and oxygen atoms in total. The van der Waals surface area contributed by atoms with Gasteiger partial charge in [-0.25, -0.2) is 0 Å². The quantitative estimate of drug-likeness (QED) is 0.930. The maximum atomic E-state index is 12.6. The number of carbonyl (C=O) groups excluding carboxylic acids is 1. The van der Waals surface area contributed by atoms with Crippen molar-refractivity contribution in [3.8, 4) is 11.1 Å². The Bertz CT molecular complexity index is 731. The van der Waals surface area contributed by atoms with Gasteiger partial charge in [0.05, 0.1) is 12.7 Å². The third-order valence-electron chi connectivity index (χ3n) is 4.31. The van der Waals surface area contributed by atoms with Crippen molar-refractivity contribution in [3.05, 3.63) is 58.6 Å². The van der Waals surface area contributed by atoms with Crippen LogP contribution in [0, 0.1) is 6.92 Å².